The number of aromatic hydroxyl groups is 1. The summed E-state index contributed by atoms with van der Waals surface area (Å²) in [5, 5.41) is 9.37. The van der Waals surface area contributed by atoms with Crippen molar-refractivity contribution in [2.75, 3.05) is 6.54 Å². The third kappa shape index (κ3) is 1.91. The second-order valence-corrected chi connectivity index (χ2v) is 3.10. The molecule has 0 aliphatic carbocycles. The van der Waals surface area contributed by atoms with Gasteiger partial charge in [-0.1, -0.05) is 0 Å². The van der Waals surface area contributed by atoms with Crippen LogP contribution in [0.15, 0.2) is 23.1 Å². The van der Waals surface area contributed by atoms with E-state index in [0.29, 0.717) is 12.1 Å². The fourth-order valence-corrected chi connectivity index (χ4v) is 1.18. The average Bonchev–Trinajstić information content (AvgIpc) is 2.08. The first-order chi connectivity index (χ1) is 5.65. The van der Waals surface area contributed by atoms with Crippen LogP contribution in [0.1, 0.15) is 11.6 Å². The molecule has 4 heteroatoms. The molecule has 0 saturated carbocycles. The Balaban J connectivity index is 3.04. The summed E-state index contributed by atoms with van der Waals surface area (Å²) in [5.41, 5.74) is 11.7. The van der Waals surface area contributed by atoms with Crippen LogP contribution >= 0.6 is 12.6 Å². The van der Waals surface area contributed by atoms with Gasteiger partial charge >= 0.3 is 0 Å². The van der Waals surface area contributed by atoms with E-state index in [2.05, 4.69) is 12.6 Å². The molecule has 0 aliphatic rings. The van der Waals surface area contributed by atoms with Gasteiger partial charge in [-0.25, -0.2) is 0 Å². The van der Waals surface area contributed by atoms with E-state index >= 15 is 0 Å². The molecule has 0 spiro atoms. The lowest BCUT2D eigenvalue weighted by Gasteiger charge is -2.11. The first-order valence-electron chi connectivity index (χ1n) is 3.62. The summed E-state index contributed by atoms with van der Waals surface area (Å²) >= 11 is 4.13. The van der Waals surface area contributed by atoms with Crippen molar-refractivity contribution in [1.29, 1.82) is 0 Å². The normalized spacial score (nSPS) is 12.9. The van der Waals surface area contributed by atoms with Crippen molar-refractivity contribution in [3.05, 3.63) is 23.8 Å². The van der Waals surface area contributed by atoms with E-state index in [1.165, 1.54) is 0 Å². The Morgan fingerprint density at radius 3 is 2.75 bits per heavy atom. The predicted octanol–water partition coefficient (Wildman–Crippen LogP) is 0.639. The monoisotopic (exact) mass is 184 g/mol. The van der Waals surface area contributed by atoms with Gasteiger partial charge in [-0.2, -0.15) is 0 Å². The van der Waals surface area contributed by atoms with Crippen molar-refractivity contribution in [2.24, 2.45) is 11.5 Å². The number of rotatable bonds is 2. The number of benzene rings is 1. The van der Waals surface area contributed by atoms with Gasteiger partial charge in [0.05, 0.1) is 0 Å². The molecule has 1 aromatic carbocycles. The maximum atomic E-state index is 9.37. The standard InChI is InChI=1S/C8H12N2OS/c9-4-7(10)6-3-5(12)1-2-8(6)11/h1-3,7,11-12H,4,9-10H2/t7-/m1/s1. The summed E-state index contributed by atoms with van der Waals surface area (Å²) in [6, 6.07) is 4.66. The smallest absolute Gasteiger partial charge is 0.120 e. The maximum Gasteiger partial charge on any atom is 0.120 e. The van der Waals surface area contributed by atoms with Crippen LogP contribution in [0, 0.1) is 0 Å². The summed E-state index contributed by atoms with van der Waals surface area (Å²) in [7, 11) is 0. The molecule has 1 atom stereocenters. The van der Waals surface area contributed by atoms with Gasteiger partial charge in [0.1, 0.15) is 5.75 Å². The molecule has 0 unspecified atom stereocenters. The lowest BCUT2D eigenvalue weighted by Crippen LogP contribution is -2.20. The SMILES string of the molecule is NC[C@@H](N)c1cc(S)ccc1O. The fourth-order valence-electron chi connectivity index (χ4n) is 0.966. The molecule has 12 heavy (non-hydrogen) atoms. The highest BCUT2D eigenvalue weighted by Gasteiger charge is 2.08. The number of hydrogen-bond acceptors (Lipinski definition) is 4. The van der Waals surface area contributed by atoms with Crippen LogP contribution in [0.3, 0.4) is 0 Å². The Morgan fingerprint density at radius 2 is 2.17 bits per heavy atom. The molecule has 66 valence electrons. The van der Waals surface area contributed by atoms with E-state index in [9.17, 15) is 5.11 Å². The molecule has 0 aliphatic heterocycles. The van der Waals surface area contributed by atoms with Gasteiger partial charge in [-0.15, -0.1) is 12.6 Å². The summed E-state index contributed by atoms with van der Waals surface area (Å²) in [4.78, 5) is 0.770. The molecular formula is C8H12N2OS. The Hall–Kier alpha value is -0.710. The van der Waals surface area contributed by atoms with Gasteiger partial charge in [0, 0.05) is 23.0 Å². The first-order valence-corrected chi connectivity index (χ1v) is 4.07. The lowest BCUT2D eigenvalue weighted by atomic mass is 10.1. The predicted molar refractivity (Wildman–Crippen MR) is 51.3 cm³/mol. The maximum absolute atomic E-state index is 9.37. The number of phenols is 1. The Labute approximate surface area is 76.8 Å². The molecule has 1 aromatic rings. The quantitative estimate of drug-likeness (QED) is 0.510. The minimum atomic E-state index is -0.322. The average molecular weight is 184 g/mol. The van der Waals surface area contributed by atoms with Gasteiger partial charge in [0.2, 0.25) is 0 Å². The van der Waals surface area contributed by atoms with Crippen molar-refractivity contribution in [3.8, 4) is 5.75 Å². The Bertz CT molecular complexity index is 278. The van der Waals surface area contributed by atoms with Gasteiger partial charge in [0.25, 0.3) is 0 Å². The molecule has 0 radical (unpaired) electrons. The van der Waals surface area contributed by atoms with Crippen LogP contribution in [-0.4, -0.2) is 11.7 Å². The van der Waals surface area contributed by atoms with Crippen molar-refractivity contribution in [1.82, 2.24) is 0 Å². The van der Waals surface area contributed by atoms with Crippen LogP contribution in [0.5, 0.6) is 5.75 Å². The highest BCUT2D eigenvalue weighted by atomic mass is 32.1. The van der Waals surface area contributed by atoms with Crippen molar-refractivity contribution < 1.29 is 5.11 Å². The second kappa shape index (κ2) is 3.80. The molecule has 5 N–H and O–H groups in total. The molecule has 3 nitrogen and oxygen atoms in total. The van der Waals surface area contributed by atoms with Crippen LogP contribution in [0.25, 0.3) is 0 Å². The van der Waals surface area contributed by atoms with E-state index in [4.69, 9.17) is 11.5 Å². The molecule has 1 rings (SSSR count). The van der Waals surface area contributed by atoms with Gasteiger partial charge < -0.3 is 16.6 Å². The Kier molecular flexibility index (Phi) is 2.97. The molecule has 0 heterocycles. The summed E-state index contributed by atoms with van der Waals surface area (Å²) < 4.78 is 0. The summed E-state index contributed by atoms with van der Waals surface area (Å²) in [5.74, 6) is 0.172. The molecular weight excluding hydrogens is 172 g/mol. The Morgan fingerprint density at radius 1 is 1.50 bits per heavy atom. The van der Waals surface area contributed by atoms with E-state index in [1.807, 2.05) is 0 Å². The fraction of sp³-hybridized carbons (Fsp3) is 0.250. The van der Waals surface area contributed by atoms with Crippen LogP contribution in [0.4, 0.5) is 0 Å². The van der Waals surface area contributed by atoms with Gasteiger partial charge in [-0.05, 0) is 18.2 Å². The van der Waals surface area contributed by atoms with E-state index in [0.717, 1.165) is 4.90 Å². The lowest BCUT2D eigenvalue weighted by molar-refractivity contribution is 0.461. The highest BCUT2D eigenvalue weighted by Crippen LogP contribution is 2.24. The first kappa shape index (κ1) is 9.38. The molecule has 0 saturated heterocycles. The zero-order valence-corrected chi connectivity index (χ0v) is 7.46. The molecule has 0 fully saturated rings. The largest absolute Gasteiger partial charge is 0.508 e. The number of thiol groups is 1. The molecule has 0 bridgehead atoms. The summed E-state index contributed by atoms with van der Waals surface area (Å²) in [6.45, 7) is 0.310. The number of phenolic OH excluding ortho intramolecular Hbond substituents is 1. The van der Waals surface area contributed by atoms with E-state index < -0.39 is 0 Å². The number of hydrogen-bond donors (Lipinski definition) is 4. The topological polar surface area (TPSA) is 72.3 Å². The van der Waals surface area contributed by atoms with Crippen LogP contribution in [-0.2, 0) is 0 Å². The third-order valence-corrected chi connectivity index (χ3v) is 1.94. The minimum absolute atomic E-state index is 0.172. The van der Waals surface area contributed by atoms with Crippen molar-refractivity contribution >= 4 is 12.6 Å². The second-order valence-electron chi connectivity index (χ2n) is 2.59. The van der Waals surface area contributed by atoms with Crippen molar-refractivity contribution in [3.63, 3.8) is 0 Å². The van der Waals surface area contributed by atoms with E-state index in [-0.39, 0.29) is 11.8 Å². The minimum Gasteiger partial charge on any atom is -0.508 e. The van der Waals surface area contributed by atoms with Crippen LogP contribution in [0.2, 0.25) is 0 Å². The van der Waals surface area contributed by atoms with E-state index in [1.54, 1.807) is 18.2 Å². The zero-order valence-electron chi connectivity index (χ0n) is 6.57. The molecule has 0 amide bonds. The van der Waals surface area contributed by atoms with Gasteiger partial charge in [0.15, 0.2) is 0 Å². The van der Waals surface area contributed by atoms with Crippen molar-refractivity contribution in [2.45, 2.75) is 10.9 Å². The zero-order chi connectivity index (χ0) is 9.14. The van der Waals surface area contributed by atoms with Gasteiger partial charge in [-0.3, -0.25) is 0 Å². The molecule has 0 aromatic heterocycles. The van der Waals surface area contributed by atoms with Crippen LogP contribution < -0.4 is 11.5 Å². The highest BCUT2D eigenvalue weighted by molar-refractivity contribution is 7.80. The number of nitrogens with two attached hydrogens (primary N) is 2. The third-order valence-electron chi connectivity index (χ3n) is 1.66. The summed E-state index contributed by atoms with van der Waals surface area (Å²) in [6.07, 6.45) is 0.